The molecule has 0 spiro atoms. The van der Waals surface area contributed by atoms with Gasteiger partial charge in [-0.25, -0.2) is 0 Å². The maximum Gasteiger partial charge on any atom is 0.123 e. The fourth-order valence-electron chi connectivity index (χ4n) is 2.79. The van der Waals surface area contributed by atoms with Crippen LogP contribution < -0.4 is 4.74 Å². The molecule has 0 heterocycles. The first-order valence-electron chi connectivity index (χ1n) is 6.68. The van der Waals surface area contributed by atoms with Gasteiger partial charge >= 0.3 is 0 Å². The number of halogens is 2. The third-order valence-corrected chi connectivity index (χ3v) is 4.70. The lowest BCUT2D eigenvalue weighted by molar-refractivity contribution is 0.333. The van der Waals surface area contributed by atoms with Gasteiger partial charge in [0, 0.05) is 10.0 Å². The van der Waals surface area contributed by atoms with E-state index >= 15 is 0 Å². The number of benzene rings is 1. The van der Waals surface area contributed by atoms with Gasteiger partial charge in [-0.2, -0.15) is 0 Å². The van der Waals surface area contributed by atoms with Crippen LogP contribution in [0.15, 0.2) is 22.7 Å². The van der Waals surface area contributed by atoms with Crippen molar-refractivity contribution in [2.75, 3.05) is 7.11 Å². The second-order valence-corrected chi connectivity index (χ2v) is 6.54. The van der Waals surface area contributed by atoms with Gasteiger partial charge in [-0.1, -0.05) is 48.0 Å². The fraction of sp³-hybridized carbons (Fsp3) is 0.600. The molecule has 3 heteroatoms. The van der Waals surface area contributed by atoms with Crippen molar-refractivity contribution in [2.45, 2.75) is 43.9 Å². The molecule has 1 unspecified atom stereocenters. The first-order valence-corrected chi connectivity index (χ1v) is 7.91. The molecule has 0 radical (unpaired) electrons. The fourth-order valence-corrected chi connectivity index (χ4v) is 3.59. The molecule has 0 saturated heterocycles. The topological polar surface area (TPSA) is 9.23 Å². The molecule has 0 aromatic heterocycles. The van der Waals surface area contributed by atoms with Crippen LogP contribution in [0.25, 0.3) is 0 Å². The van der Waals surface area contributed by atoms with E-state index in [0.29, 0.717) is 0 Å². The van der Waals surface area contributed by atoms with Crippen molar-refractivity contribution in [3.8, 4) is 5.75 Å². The van der Waals surface area contributed by atoms with Crippen molar-refractivity contribution in [3.63, 3.8) is 0 Å². The van der Waals surface area contributed by atoms with Gasteiger partial charge in [0.25, 0.3) is 0 Å². The first kappa shape index (κ1) is 14.2. The second kappa shape index (κ2) is 6.81. The molecule has 18 heavy (non-hydrogen) atoms. The predicted molar refractivity (Wildman–Crippen MR) is 80.5 cm³/mol. The highest BCUT2D eigenvalue weighted by Gasteiger charge is 2.21. The number of hydrogen-bond acceptors (Lipinski definition) is 1. The Hall–Kier alpha value is -0.210. The molecule has 1 fully saturated rings. The summed E-state index contributed by atoms with van der Waals surface area (Å²) in [5, 5.41) is 0.0561. The summed E-state index contributed by atoms with van der Waals surface area (Å²) in [7, 11) is 1.71. The zero-order valence-corrected chi connectivity index (χ0v) is 13.1. The number of ether oxygens (including phenoxy) is 1. The summed E-state index contributed by atoms with van der Waals surface area (Å²) in [5.74, 6) is 1.68. The Bertz CT molecular complexity index is 388. The number of rotatable bonds is 4. The average molecular weight is 332 g/mol. The molecular weight excluding hydrogens is 312 g/mol. The summed E-state index contributed by atoms with van der Waals surface area (Å²) < 4.78 is 6.47. The van der Waals surface area contributed by atoms with Gasteiger partial charge in [-0.3, -0.25) is 0 Å². The second-order valence-electron chi connectivity index (χ2n) is 5.09. The van der Waals surface area contributed by atoms with Crippen LogP contribution in [-0.4, -0.2) is 7.11 Å². The molecule has 0 bridgehead atoms. The van der Waals surface area contributed by atoms with Gasteiger partial charge < -0.3 is 4.74 Å². The molecule has 1 aliphatic carbocycles. The smallest absolute Gasteiger partial charge is 0.123 e. The van der Waals surface area contributed by atoms with Gasteiger partial charge in [0.05, 0.1) is 12.5 Å². The highest BCUT2D eigenvalue weighted by Crippen LogP contribution is 2.39. The van der Waals surface area contributed by atoms with E-state index in [2.05, 4.69) is 22.0 Å². The van der Waals surface area contributed by atoms with Gasteiger partial charge in [-0.05, 0) is 30.5 Å². The lowest BCUT2D eigenvalue weighted by Crippen LogP contribution is -2.09. The molecule has 1 atom stereocenters. The van der Waals surface area contributed by atoms with Crippen molar-refractivity contribution in [2.24, 2.45) is 5.92 Å². The molecule has 1 aromatic rings. The van der Waals surface area contributed by atoms with Gasteiger partial charge in [0.15, 0.2) is 0 Å². The SMILES string of the molecule is COc1ccc(Br)cc1C(Cl)CC1CCCCC1. The van der Waals surface area contributed by atoms with Gasteiger partial charge in [-0.15, -0.1) is 11.6 Å². The molecule has 0 amide bonds. The molecular formula is C15H20BrClO. The van der Waals surface area contributed by atoms with Crippen molar-refractivity contribution < 1.29 is 4.74 Å². The molecule has 0 aliphatic heterocycles. The lowest BCUT2D eigenvalue weighted by atomic mass is 9.85. The number of alkyl halides is 1. The first-order chi connectivity index (χ1) is 8.70. The van der Waals surface area contributed by atoms with E-state index in [9.17, 15) is 0 Å². The summed E-state index contributed by atoms with van der Waals surface area (Å²) >= 11 is 10.1. The standard InChI is InChI=1S/C15H20BrClO/c1-18-15-8-7-12(16)10-13(15)14(17)9-11-5-3-2-4-6-11/h7-8,10-11,14H,2-6,9H2,1H3. The molecule has 1 aliphatic rings. The highest BCUT2D eigenvalue weighted by atomic mass is 79.9. The van der Waals surface area contributed by atoms with Gasteiger partial charge in [0.1, 0.15) is 5.75 Å². The minimum Gasteiger partial charge on any atom is -0.496 e. The molecule has 1 nitrogen and oxygen atoms in total. The van der Waals surface area contributed by atoms with Crippen molar-refractivity contribution >= 4 is 27.5 Å². The van der Waals surface area contributed by atoms with Crippen LogP contribution in [0.4, 0.5) is 0 Å². The van der Waals surface area contributed by atoms with Crippen LogP contribution in [0.2, 0.25) is 0 Å². The summed E-state index contributed by atoms with van der Waals surface area (Å²) in [4.78, 5) is 0. The van der Waals surface area contributed by atoms with E-state index in [4.69, 9.17) is 16.3 Å². The van der Waals surface area contributed by atoms with E-state index < -0.39 is 0 Å². The predicted octanol–water partition coefficient (Wildman–Crippen LogP) is 5.71. The quantitative estimate of drug-likeness (QED) is 0.642. The maximum absolute atomic E-state index is 6.59. The monoisotopic (exact) mass is 330 g/mol. The minimum absolute atomic E-state index is 0.0561. The van der Waals surface area contributed by atoms with E-state index in [-0.39, 0.29) is 5.38 Å². The average Bonchev–Trinajstić information content (AvgIpc) is 2.40. The Labute approximate surface area is 123 Å². The Morgan fingerprint density at radius 3 is 2.72 bits per heavy atom. The zero-order chi connectivity index (χ0) is 13.0. The lowest BCUT2D eigenvalue weighted by Gasteiger charge is -2.24. The van der Waals surface area contributed by atoms with Gasteiger partial charge in [0.2, 0.25) is 0 Å². The Balaban J connectivity index is 2.07. The summed E-state index contributed by atoms with van der Waals surface area (Å²) in [5.41, 5.74) is 1.11. The molecule has 2 rings (SSSR count). The molecule has 100 valence electrons. The molecule has 1 saturated carbocycles. The number of hydrogen-bond donors (Lipinski definition) is 0. The van der Waals surface area contributed by atoms with Crippen LogP contribution in [0, 0.1) is 5.92 Å². The van der Waals surface area contributed by atoms with Crippen molar-refractivity contribution in [1.29, 1.82) is 0 Å². The largest absolute Gasteiger partial charge is 0.496 e. The van der Waals surface area contributed by atoms with Crippen LogP contribution in [0.1, 0.15) is 49.5 Å². The Kier molecular flexibility index (Phi) is 5.38. The zero-order valence-electron chi connectivity index (χ0n) is 10.8. The van der Waals surface area contributed by atoms with Crippen LogP contribution in [0.3, 0.4) is 0 Å². The number of methoxy groups -OCH3 is 1. The normalized spacial score (nSPS) is 18.6. The molecule has 0 N–H and O–H groups in total. The molecule has 1 aromatic carbocycles. The van der Waals surface area contributed by atoms with E-state index in [1.807, 2.05) is 12.1 Å². The van der Waals surface area contributed by atoms with Crippen LogP contribution >= 0.6 is 27.5 Å². The van der Waals surface area contributed by atoms with Crippen molar-refractivity contribution in [1.82, 2.24) is 0 Å². The Morgan fingerprint density at radius 2 is 2.06 bits per heavy atom. The summed E-state index contributed by atoms with van der Waals surface area (Å²) in [6, 6.07) is 6.06. The van der Waals surface area contributed by atoms with E-state index in [1.165, 1.54) is 32.1 Å². The third-order valence-electron chi connectivity index (χ3n) is 3.79. The third kappa shape index (κ3) is 3.64. The highest BCUT2D eigenvalue weighted by molar-refractivity contribution is 9.10. The van der Waals surface area contributed by atoms with E-state index in [1.54, 1.807) is 7.11 Å². The Morgan fingerprint density at radius 1 is 1.33 bits per heavy atom. The van der Waals surface area contributed by atoms with Crippen LogP contribution in [-0.2, 0) is 0 Å². The van der Waals surface area contributed by atoms with Crippen LogP contribution in [0.5, 0.6) is 5.75 Å². The van der Waals surface area contributed by atoms with Crippen molar-refractivity contribution in [3.05, 3.63) is 28.2 Å². The maximum atomic E-state index is 6.59. The summed E-state index contributed by atoms with van der Waals surface area (Å²) in [6.07, 6.45) is 7.85. The summed E-state index contributed by atoms with van der Waals surface area (Å²) in [6.45, 7) is 0. The van der Waals surface area contributed by atoms with E-state index in [0.717, 1.165) is 28.1 Å². The minimum atomic E-state index is 0.0561.